The molecule has 1 amide bonds. The number of pyridine rings is 1. The molecule has 0 spiro atoms. The molecule has 0 atom stereocenters. The van der Waals surface area contributed by atoms with Crippen LogP contribution in [-0.2, 0) is 11.3 Å². The summed E-state index contributed by atoms with van der Waals surface area (Å²) >= 11 is 0. The van der Waals surface area contributed by atoms with E-state index in [-0.39, 0.29) is 5.91 Å². The van der Waals surface area contributed by atoms with E-state index < -0.39 is 0 Å². The van der Waals surface area contributed by atoms with Gasteiger partial charge in [-0.2, -0.15) is 4.98 Å². The number of nitrogens with zero attached hydrogens (tertiary/aromatic N) is 4. The van der Waals surface area contributed by atoms with E-state index in [0.717, 1.165) is 12.1 Å². The summed E-state index contributed by atoms with van der Waals surface area (Å²) in [5, 5.41) is 6.69. The first-order chi connectivity index (χ1) is 9.31. The van der Waals surface area contributed by atoms with Crippen LogP contribution in [0, 0.1) is 0 Å². The zero-order valence-electron chi connectivity index (χ0n) is 10.2. The van der Waals surface area contributed by atoms with Crippen molar-refractivity contribution in [2.75, 3.05) is 19.6 Å². The van der Waals surface area contributed by atoms with E-state index in [1.54, 1.807) is 12.4 Å². The normalized spacial score (nSPS) is 16.3. The summed E-state index contributed by atoms with van der Waals surface area (Å²) in [6.45, 7) is 2.30. The molecular weight excluding hydrogens is 246 g/mol. The van der Waals surface area contributed by atoms with Crippen molar-refractivity contribution in [3.8, 4) is 11.4 Å². The Balaban J connectivity index is 1.70. The summed E-state index contributed by atoms with van der Waals surface area (Å²) in [7, 11) is 0. The van der Waals surface area contributed by atoms with Crippen LogP contribution in [0.5, 0.6) is 0 Å². The molecule has 1 saturated heterocycles. The van der Waals surface area contributed by atoms with E-state index in [9.17, 15) is 4.79 Å². The van der Waals surface area contributed by atoms with Crippen LogP contribution in [0.2, 0.25) is 0 Å². The molecule has 3 heterocycles. The minimum atomic E-state index is 0.0262. The number of carbonyl (C=O) groups is 1. The summed E-state index contributed by atoms with van der Waals surface area (Å²) in [6.07, 6.45) is 3.37. The van der Waals surface area contributed by atoms with Crippen LogP contribution in [-0.4, -0.2) is 45.6 Å². The number of piperazine rings is 1. The number of hydrogen-bond acceptors (Lipinski definition) is 6. The fourth-order valence-corrected chi connectivity index (χ4v) is 1.95. The van der Waals surface area contributed by atoms with Crippen LogP contribution < -0.4 is 5.32 Å². The maximum Gasteiger partial charge on any atom is 0.241 e. The van der Waals surface area contributed by atoms with E-state index >= 15 is 0 Å². The highest BCUT2D eigenvalue weighted by atomic mass is 16.5. The van der Waals surface area contributed by atoms with Gasteiger partial charge in [0.1, 0.15) is 0 Å². The van der Waals surface area contributed by atoms with Crippen LogP contribution >= 0.6 is 0 Å². The Bertz CT molecular complexity index is 569. The number of nitrogens with one attached hydrogen (secondary N) is 1. The molecule has 1 aliphatic rings. The molecular formula is C12H13N5O2. The number of aromatic nitrogens is 3. The minimum absolute atomic E-state index is 0.0262. The van der Waals surface area contributed by atoms with E-state index in [1.807, 2.05) is 17.0 Å². The zero-order valence-corrected chi connectivity index (χ0v) is 10.2. The molecule has 98 valence electrons. The molecule has 0 unspecified atom stereocenters. The molecule has 2 aromatic heterocycles. The summed E-state index contributed by atoms with van der Waals surface area (Å²) in [4.78, 5) is 21.6. The highest BCUT2D eigenvalue weighted by molar-refractivity contribution is 5.78. The van der Waals surface area contributed by atoms with Gasteiger partial charge in [-0.3, -0.25) is 14.7 Å². The first kappa shape index (κ1) is 11.8. The van der Waals surface area contributed by atoms with Gasteiger partial charge in [-0.25, -0.2) is 0 Å². The Kier molecular flexibility index (Phi) is 3.20. The molecule has 0 aliphatic carbocycles. The number of amides is 1. The van der Waals surface area contributed by atoms with Gasteiger partial charge in [0.05, 0.1) is 13.1 Å². The van der Waals surface area contributed by atoms with Gasteiger partial charge in [0.2, 0.25) is 17.6 Å². The van der Waals surface area contributed by atoms with Gasteiger partial charge >= 0.3 is 0 Å². The van der Waals surface area contributed by atoms with E-state index in [2.05, 4.69) is 20.4 Å². The maximum absolute atomic E-state index is 11.3. The first-order valence-corrected chi connectivity index (χ1v) is 6.03. The highest BCUT2D eigenvalue weighted by Crippen LogP contribution is 2.14. The molecule has 1 N–H and O–H groups in total. The monoisotopic (exact) mass is 259 g/mol. The molecule has 1 fully saturated rings. The molecule has 7 heteroatoms. The van der Waals surface area contributed by atoms with Crippen molar-refractivity contribution in [2.24, 2.45) is 0 Å². The second-order valence-corrected chi connectivity index (χ2v) is 4.31. The van der Waals surface area contributed by atoms with Gasteiger partial charge in [0, 0.05) is 31.0 Å². The predicted octanol–water partition coefficient (Wildman–Crippen LogP) is 0.0634. The molecule has 1 aliphatic heterocycles. The van der Waals surface area contributed by atoms with E-state index in [4.69, 9.17) is 4.52 Å². The lowest BCUT2D eigenvalue weighted by molar-refractivity contribution is -0.124. The third kappa shape index (κ3) is 2.76. The SMILES string of the molecule is O=C1CN(Cc2nc(-c3cccnc3)no2)CCN1. The van der Waals surface area contributed by atoms with E-state index in [1.165, 1.54) is 0 Å². The summed E-state index contributed by atoms with van der Waals surface area (Å²) in [5.41, 5.74) is 0.814. The topological polar surface area (TPSA) is 84.2 Å². The van der Waals surface area contributed by atoms with Crippen molar-refractivity contribution in [1.82, 2.24) is 25.3 Å². The second-order valence-electron chi connectivity index (χ2n) is 4.31. The smallest absolute Gasteiger partial charge is 0.241 e. The van der Waals surface area contributed by atoms with Gasteiger partial charge < -0.3 is 9.84 Å². The van der Waals surface area contributed by atoms with Crippen LogP contribution in [0.4, 0.5) is 0 Å². The average Bonchev–Trinajstić information content (AvgIpc) is 2.88. The molecule has 0 radical (unpaired) electrons. The highest BCUT2D eigenvalue weighted by Gasteiger charge is 2.19. The van der Waals surface area contributed by atoms with Crippen molar-refractivity contribution in [3.63, 3.8) is 0 Å². The van der Waals surface area contributed by atoms with Crippen molar-refractivity contribution in [2.45, 2.75) is 6.54 Å². The van der Waals surface area contributed by atoms with Crippen LogP contribution in [0.3, 0.4) is 0 Å². The molecule has 19 heavy (non-hydrogen) atoms. The maximum atomic E-state index is 11.3. The molecule has 0 aromatic carbocycles. The molecule has 0 saturated carbocycles. The quantitative estimate of drug-likeness (QED) is 0.839. The van der Waals surface area contributed by atoms with Crippen molar-refractivity contribution in [1.29, 1.82) is 0 Å². The Hall–Kier alpha value is -2.28. The Morgan fingerprint density at radius 1 is 1.47 bits per heavy atom. The average molecular weight is 259 g/mol. The molecule has 0 bridgehead atoms. The Morgan fingerprint density at radius 2 is 2.42 bits per heavy atom. The fraction of sp³-hybridized carbons (Fsp3) is 0.333. The third-order valence-corrected chi connectivity index (χ3v) is 2.86. The fourth-order valence-electron chi connectivity index (χ4n) is 1.95. The van der Waals surface area contributed by atoms with Crippen molar-refractivity contribution < 1.29 is 9.32 Å². The van der Waals surface area contributed by atoms with Crippen LogP contribution in [0.15, 0.2) is 29.0 Å². The third-order valence-electron chi connectivity index (χ3n) is 2.86. The lowest BCUT2D eigenvalue weighted by atomic mass is 10.3. The van der Waals surface area contributed by atoms with Crippen molar-refractivity contribution >= 4 is 5.91 Å². The van der Waals surface area contributed by atoms with Gasteiger partial charge in [0.25, 0.3) is 0 Å². The van der Waals surface area contributed by atoms with Crippen LogP contribution in [0.1, 0.15) is 5.89 Å². The second kappa shape index (κ2) is 5.15. The first-order valence-electron chi connectivity index (χ1n) is 6.03. The molecule has 2 aromatic rings. The predicted molar refractivity (Wildman–Crippen MR) is 65.8 cm³/mol. The van der Waals surface area contributed by atoms with Gasteiger partial charge in [-0.15, -0.1) is 0 Å². The summed E-state index contributed by atoms with van der Waals surface area (Å²) < 4.78 is 5.19. The summed E-state index contributed by atoms with van der Waals surface area (Å²) in [5.74, 6) is 1.05. The van der Waals surface area contributed by atoms with Crippen LogP contribution in [0.25, 0.3) is 11.4 Å². The van der Waals surface area contributed by atoms with Gasteiger partial charge in [-0.05, 0) is 12.1 Å². The van der Waals surface area contributed by atoms with Gasteiger partial charge in [-0.1, -0.05) is 5.16 Å². The Labute approximate surface area is 109 Å². The zero-order chi connectivity index (χ0) is 13.1. The number of hydrogen-bond donors (Lipinski definition) is 1. The standard InChI is InChI=1S/C12H13N5O2/c18-10-7-17(5-4-14-10)8-11-15-12(16-19-11)9-2-1-3-13-6-9/h1-3,6H,4-5,7-8H2,(H,14,18). The Morgan fingerprint density at radius 3 is 3.21 bits per heavy atom. The number of rotatable bonds is 3. The number of carbonyl (C=O) groups excluding carboxylic acids is 1. The summed E-state index contributed by atoms with van der Waals surface area (Å²) in [6, 6.07) is 3.69. The van der Waals surface area contributed by atoms with Crippen molar-refractivity contribution in [3.05, 3.63) is 30.4 Å². The lowest BCUT2D eigenvalue weighted by Crippen LogP contribution is -2.47. The molecule has 7 nitrogen and oxygen atoms in total. The lowest BCUT2D eigenvalue weighted by Gasteiger charge is -2.24. The van der Waals surface area contributed by atoms with Gasteiger partial charge in [0.15, 0.2) is 0 Å². The molecule has 3 rings (SSSR count). The largest absolute Gasteiger partial charge is 0.354 e. The minimum Gasteiger partial charge on any atom is -0.354 e. The van der Waals surface area contributed by atoms with E-state index in [0.29, 0.717) is 31.3 Å².